The quantitative estimate of drug-likeness (QED) is 0.0312. The number of esters is 1. The summed E-state index contributed by atoms with van der Waals surface area (Å²) in [6.45, 7) is 19.2. The highest BCUT2D eigenvalue weighted by molar-refractivity contribution is 6.22. The number of ether oxygens (including phenoxy) is 6. The largest absolute Gasteiger partial charge is 0.507 e. The molecule has 428 valence electrons. The molecule has 0 radical (unpaired) electrons. The molecule has 10 atom stereocenters. The van der Waals surface area contributed by atoms with Gasteiger partial charge in [-0.1, -0.05) is 45.9 Å². The van der Waals surface area contributed by atoms with Crippen molar-refractivity contribution in [2.45, 2.75) is 112 Å². The maximum atomic E-state index is 15.1. The summed E-state index contributed by atoms with van der Waals surface area (Å²) in [4.78, 5) is 80.9. The van der Waals surface area contributed by atoms with Gasteiger partial charge < -0.3 is 68.5 Å². The summed E-state index contributed by atoms with van der Waals surface area (Å²) < 4.78 is 44.1. The predicted molar refractivity (Wildman–Crippen MR) is 293 cm³/mol. The zero-order valence-corrected chi connectivity index (χ0v) is 46.5. The molecule has 1 fully saturated rings. The number of nitro groups is 1. The van der Waals surface area contributed by atoms with E-state index in [-0.39, 0.29) is 80.5 Å². The van der Waals surface area contributed by atoms with Crippen molar-refractivity contribution in [3.05, 3.63) is 91.5 Å². The third-order valence-corrected chi connectivity index (χ3v) is 16.0. The number of hydrogen-bond donors (Lipinski definition) is 4. The Bertz CT molecular complexity index is 3360. The SMILES string of the molecule is CO[C@H]1/C=C/O[C@@]2(C)Oc3c(C)c(O)c4c(=O)c(c5oc6cc(N7CCN(CCCO[C@@H]8COc9nc([N+](=O)[O-])cn9C8)CC7)cc(C)c6nc-5c4c3C2=O)NC(=O)/C(C)=C\C=C\[C@H](C)[C@H](O)[C@@H](C)[C@@H](O)[C@@H](C)[C@H](OC(C)=O)[C@@H]1C. The molecule has 0 spiro atoms. The number of aromatic hydroxyl groups is 1. The molecule has 23 nitrogen and oxygen atoms in total. The summed E-state index contributed by atoms with van der Waals surface area (Å²) in [6, 6.07) is 4.01. The second-order valence-electron chi connectivity index (χ2n) is 21.6. The van der Waals surface area contributed by atoms with Gasteiger partial charge in [0.2, 0.25) is 5.43 Å². The summed E-state index contributed by atoms with van der Waals surface area (Å²) in [5.74, 6) is -7.68. The number of nitrogens with one attached hydrogen (secondary N) is 1. The number of aliphatic hydroxyl groups excluding tert-OH is 2. The molecule has 2 aromatic carbocycles. The number of piperazine rings is 1. The second kappa shape index (κ2) is 23.0. The monoisotopic (exact) mass is 1110 g/mol. The number of aliphatic hydroxyl groups is 2. The first-order valence-corrected chi connectivity index (χ1v) is 26.9. The lowest BCUT2D eigenvalue weighted by Gasteiger charge is -2.38. The fourth-order valence-electron chi connectivity index (χ4n) is 11.3. The molecule has 4 bridgehead atoms. The third-order valence-electron chi connectivity index (χ3n) is 16.0. The number of fused-ring (bicyclic) bond motifs is 3. The Labute approximate surface area is 461 Å². The highest BCUT2D eigenvalue weighted by atomic mass is 16.7. The van der Waals surface area contributed by atoms with E-state index in [2.05, 4.69) is 20.1 Å². The van der Waals surface area contributed by atoms with Gasteiger partial charge in [0.25, 0.3) is 11.7 Å². The van der Waals surface area contributed by atoms with Gasteiger partial charge in [0.1, 0.15) is 53.4 Å². The van der Waals surface area contributed by atoms with Crippen LogP contribution >= 0.6 is 0 Å². The van der Waals surface area contributed by atoms with E-state index in [1.54, 1.807) is 44.4 Å². The van der Waals surface area contributed by atoms with E-state index in [9.17, 15) is 39.8 Å². The van der Waals surface area contributed by atoms with Crippen molar-refractivity contribution in [1.82, 2.24) is 19.4 Å². The number of carbonyl (C=O) groups excluding carboxylic acids is 3. The first kappa shape index (κ1) is 57.3. The average Bonchev–Trinajstić information content (AvgIpc) is 4.12. The van der Waals surface area contributed by atoms with E-state index in [1.165, 1.54) is 59.4 Å². The van der Waals surface area contributed by atoms with Crippen LogP contribution in [0.25, 0.3) is 33.3 Å². The van der Waals surface area contributed by atoms with Crippen LogP contribution in [-0.4, -0.2) is 147 Å². The molecule has 4 N–H and O–H groups in total. The number of phenols is 1. The van der Waals surface area contributed by atoms with Crippen molar-refractivity contribution in [2.75, 3.05) is 63.3 Å². The smallest absolute Gasteiger partial charge is 0.414 e. The second-order valence-corrected chi connectivity index (χ2v) is 21.6. The molecule has 1 aromatic heterocycles. The number of allylic oxidation sites excluding steroid dienone is 2. The minimum absolute atomic E-state index is 0.0142. The number of nitrogens with zero attached hydrogens (tertiary/aromatic N) is 6. The Morgan fingerprint density at radius 3 is 2.42 bits per heavy atom. The molecule has 6 aliphatic rings. The van der Waals surface area contributed by atoms with Gasteiger partial charge in [-0.15, -0.1) is 0 Å². The molecule has 0 unspecified atom stereocenters. The lowest BCUT2D eigenvalue weighted by atomic mass is 9.78. The summed E-state index contributed by atoms with van der Waals surface area (Å²) in [5.41, 5.74) is 1.09. The van der Waals surface area contributed by atoms with Crippen LogP contribution in [-0.2, 0) is 35.1 Å². The van der Waals surface area contributed by atoms with Crippen LogP contribution in [0, 0.1) is 47.6 Å². The summed E-state index contributed by atoms with van der Waals surface area (Å²) in [6.07, 6.45) is 5.36. The van der Waals surface area contributed by atoms with Gasteiger partial charge in [0, 0.05) is 117 Å². The number of anilines is 2. The summed E-state index contributed by atoms with van der Waals surface area (Å²) in [5, 5.41) is 48.7. The third kappa shape index (κ3) is 11.0. The topological polar surface area (TPSA) is 290 Å². The molecule has 1 aliphatic carbocycles. The molecule has 80 heavy (non-hydrogen) atoms. The molecule has 5 aliphatic heterocycles. The van der Waals surface area contributed by atoms with Gasteiger partial charge in [0.05, 0.1) is 42.1 Å². The van der Waals surface area contributed by atoms with Crippen LogP contribution in [0.4, 0.5) is 17.2 Å². The van der Waals surface area contributed by atoms with Gasteiger partial charge in [-0.05, 0) is 49.8 Å². The number of rotatable bonds is 9. The van der Waals surface area contributed by atoms with Crippen molar-refractivity contribution < 1.29 is 67.5 Å². The van der Waals surface area contributed by atoms with Crippen molar-refractivity contribution in [2.24, 2.45) is 23.7 Å². The van der Waals surface area contributed by atoms with E-state index < -0.39 is 87.6 Å². The standard InChI is InChI=1S/C57H69N7O16/c1-28-13-11-14-29(2)55(71)60-46-50(69)42-41(43-52(34(7)49(42)68)80-57(9,54(43)70)77-22-15-38(74-10)31(4)51(78-35(8)65)33(6)48(67)32(5)47(28)66)45-53(46)79-39-24-36(23-30(3)44(39)59-45)62-19-17-61(18-20-62)16-12-21-75-37-25-63-26-40(64(72)73)58-56(63)76-27-37/h11,13-15,22-24,26,28,31-33,37-38,47-48,51,66-68H,12,16-21,25,27H2,1-10H3,(H,60,71)/b13-11+,22-15+,29-14-/t28-,31+,32+,33+,37-,38-,47-,48+,51+,57-/m0/s1. The number of Topliss-reactive ketones (excluding diaryl/α,β-unsaturated/α-hetero) is 1. The molecule has 3 aromatic rings. The van der Waals surface area contributed by atoms with Crippen LogP contribution in [0.1, 0.15) is 76.4 Å². The Kier molecular flexibility index (Phi) is 16.4. The zero-order valence-electron chi connectivity index (χ0n) is 46.5. The van der Waals surface area contributed by atoms with Gasteiger partial charge in [0.15, 0.2) is 11.3 Å². The molecule has 23 heteroatoms. The Morgan fingerprint density at radius 2 is 1.73 bits per heavy atom. The lowest BCUT2D eigenvalue weighted by Crippen LogP contribution is -2.46. The molecule has 1 amide bonds. The summed E-state index contributed by atoms with van der Waals surface area (Å²) in [7, 11) is 1.44. The molecule has 9 rings (SSSR count). The average molecular weight is 1110 g/mol. The number of carbonyl (C=O) groups is 3. The number of benzene rings is 3. The Hall–Kier alpha value is -7.44. The van der Waals surface area contributed by atoms with Crippen molar-refractivity contribution in [3.8, 4) is 29.0 Å². The van der Waals surface area contributed by atoms with Gasteiger partial charge in [-0.25, -0.2) is 4.98 Å². The highest BCUT2D eigenvalue weighted by Gasteiger charge is 2.50. The van der Waals surface area contributed by atoms with Crippen LogP contribution in [0.5, 0.6) is 17.5 Å². The number of hydrogen-bond acceptors (Lipinski definition) is 20. The van der Waals surface area contributed by atoms with Gasteiger partial charge in [-0.2, -0.15) is 0 Å². The first-order chi connectivity index (χ1) is 38.0. The van der Waals surface area contributed by atoms with Gasteiger partial charge in [-0.3, -0.25) is 28.6 Å². The molecule has 1 saturated heterocycles. The first-order valence-electron chi connectivity index (χ1n) is 26.9. The van der Waals surface area contributed by atoms with Crippen LogP contribution in [0.2, 0.25) is 0 Å². The van der Waals surface area contributed by atoms with E-state index in [0.717, 1.165) is 31.7 Å². The van der Waals surface area contributed by atoms with Gasteiger partial charge >= 0.3 is 23.6 Å². The van der Waals surface area contributed by atoms with Crippen molar-refractivity contribution in [1.29, 1.82) is 0 Å². The number of imidazole rings is 1. The molecule has 0 saturated carbocycles. The number of aryl methyl sites for hydroxylation is 1. The molecular weight excluding hydrogens is 1040 g/mol. The van der Waals surface area contributed by atoms with E-state index in [0.29, 0.717) is 37.3 Å². The maximum Gasteiger partial charge on any atom is 0.414 e. The van der Waals surface area contributed by atoms with E-state index >= 15 is 4.79 Å². The van der Waals surface area contributed by atoms with E-state index in [4.69, 9.17) is 37.8 Å². The lowest BCUT2D eigenvalue weighted by molar-refractivity contribution is -0.389. The minimum atomic E-state index is -2.07. The van der Waals surface area contributed by atoms with Crippen LogP contribution in [0.3, 0.4) is 0 Å². The number of ketones is 1. The van der Waals surface area contributed by atoms with Crippen molar-refractivity contribution >= 4 is 56.7 Å². The normalized spacial score (nSPS) is 28.4. The fourth-order valence-corrected chi connectivity index (χ4v) is 11.3. The number of methoxy groups -OCH3 is 1. The summed E-state index contributed by atoms with van der Waals surface area (Å²) >= 11 is 0. The molecular formula is C57H69N7O16. The minimum Gasteiger partial charge on any atom is -0.507 e. The Morgan fingerprint density at radius 1 is 0.988 bits per heavy atom. The van der Waals surface area contributed by atoms with Crippen molar-refractivity contribution in [3.63, 3.8) is 0 Å². The Balaban J connectivity index is 1.05. The van der Waals surface area contributed by atoms with E-state index in [1.807, 2.05) is 19.1 Å². The molecule has 6 heterocycles. The highest BCUT2D eigenvalue weighted by Crippen LogP contribution is 2.51. The maximum absolute atomic E-state index is 15.1. The predicted octanol–water partition coefficient (Wildman–Crippen LogP) is 6.35. The number of aromatic nitrogens is 3. The van der Waals surface area contributed by atoms with Crippen LogP contribution in [0.15, 0.2) is 63.7 Å². The van der Waals surface area contributed by atoms with Crippen LogP contribution < -0.4 is 25.1 Å². The fraction of sp³-hybridized carbons (Fsp3) is 0.509. The number of phenolic OH excluding ortho intramolecular Hbond substituents is 1. The zero-order chi connectivity index (χ0) is 57.6. The number of amides is 1.